The number of aryl methyl sites for hydroxylation is 2. The second kappa shape index (κ2) is 7.78. The monoisotopic (exact) mass is 301 g/mol. The fraction of sp³-hybridized carbons (Fsp3) is 0.786. The van der Waals surface area contributed by atoms with E-state index >= 15 is 0 Å². The molecule has 0 saturated heterocycles. The van der Waals surface area contributed by atoms with Gasteiger partial charge in [0, 0.05) is 6.54 Å². The van der Waals surface area contributed by atoms with Gasteiger partial charge >= 0.3 is 0 Å². The quantitative estimate of drug-likeness (QED) is 0.712. The predicted octanol–water partition coefficient (Wildman–Crippen LogP) is 2.63. The molecule has 0 amide bonds. The van der Waals surface area contributed by atoms with E-state index in [4.69, 9.17) is 5.14 Å². The van der Waals surface area contributed by atoms with Crippen molar-refractivity contribution in [1.29, 1.82) is 0 Å². The van der Waals surface area contributed by atoms with Crippen LogP contribution in [-0.2, 0) is 29.4 Å². The molecular formula is C14H27N3O2S. The molecule has 116 valence electrons. The molecule has 0 bridgehead atoms. The highest BCUT2D eigenvalue weighted by Crippen LogP contribution is 2.21. The van der Waals surface area contributed by atoms with Crippen LogP contribution in [0.5, 0.6) is 0 Å². The second-order valence-electron chi connectivity index (χ2n) is 5.11. The van der Waals surface area contributed by atoms with Gasteiger partial charge in [-0.3, -0.25) is 4.68 Å². The highest BCUT2D eigenvalue weighted by atomic mass is 32.2. The smallest absolute Gasteiger partial charge is 0.241 e. The zero-order chi connectivity index (χ0) is 15.2. The number of unbranched alkanes of at least 4 members (excludes halogenated alkanes) is 4. The summed E-state index contributed by atoms with van der Waals surface area (Å²) in [6.45, 7) is 6.81. The molecule has 0 atom stereocenters. The molecular weight excluding hydrogens is 274 g/mol. The van der Waals surface area contributed by atoms with Gasteiger partial charge in [0.15, 0.2) is 0 Å². The topological polar surface area (TPSA) is 78.0 Å². The molecule has 5 nitrogen and oxygen atoms in total. The lowest BCUT2D eigenvalue weighted by Gasteiger charge is -2.07. The van der Waals surface area contributed by atoms with Crippen molar-refractivity contribution in [3.8, 4) is 0 Å². The minimum absolute atomic E-state index is 0.246. The van der Waals surface area contributed by atoms with Crippen molar-refractivity contribution in [2.75, 3.05) is 0 Å². The first-order valence-electron chi connectivity index (χ1n) is 7.57. The molecule has 1 aromatic heterocycles. The van der Waals surface area contributed by atoms with Crippen LogP contribution in [0.25, 0.3) is 0 Å². The van der Waals surface area contributed by atoms with Gasteiger partial charge in [-0.25, -0.2) is 13.6 Å². The first-order valence-corrected chi connectivity index (χ1v) is 9.11. The predicted molar refractivity (Wildman–Crippen MR) is 81.1 cm³/mol. The maximum Gasteiger partial charge on any atom is 0.241 e. The van der Waals surface area contributed by atoms with E-state index in [1.54, 1.807) is 0 Å². The number of nitrogens with zero attached hydrogens (tertiary/aromatic N) is 2. The Labute approximate surface area is 122 Å². The van der Waals surface area contributed by atoms with E-state index < -0.39 is 10.0 Å². The van der Waals surface area contributed by atoms with Gasteiger partial charge in [-0.05, 0) is 19.3 Å². The average Bonchev–Trinajstić information content (AvgIpc) is 2.76. The molecule has 0 aromatic carbocycles. The van der Waals surface area contributed by atoms with Crippen molar-refractivity contribution in [3.63, 3.8) is 0 Å². The maximum absolute atomic E-state index is 11.7. The molecule has 0 spiro atoms. The van der Waals surface area contributed by atoms with Gasteiger partial charge in [0.25, 0.3) is 0 Å². The molecule has 0 aliphatic carbocycles. The Bertz CT molecular complexity index is 521. The first kappa shape index (κ1) is 17.2. The summed E-state index contributed by atoms with van der Waals surface area (Å²) in [6.07, 6.45) is 7.10. The van der Waals surface area contributed by atoms with Crippen LogP contribution in [0, 0.1) is 0 Å². The Morgan fingerprint density at radius 3 is 2.20 bits per heavy atom. The molecule has 1 heterocycles. The zero-order valence-corrected chi connectivity index (χ0v) is 13.7. The van der Waals surface area contributed by atoms with Crippen LogP contribution in [-0.4, -0.2) is 18.2 Å². The van der Waals surface area contributed by atoms with Crippen molar-refractivity contribution < 1.29 is 8.42 Å². The van der Waals surface area contributed by atoms with Crippen molar-refractivity contribution >= 4 is 10.0 Å². The van der Waals surface area contributed by atoms with Crippen LogP contribution in [0.15, 0.2) is 4.90 Å². The highest BCUT2D eigenvalue weighted by Gasteiger charge is 2.23. The molecule has 0 unspecified atom stereocenters. The van der Waals surface area contributed by atoms with E-state index in [9.17, 15) is 8.42 Å². The minimum Gasteiger partial charge on any atom is -0.268 e. The number of primary sulfonamides is 1. The maximum atomic E-state index is 11.7. The number of aromatic nitrogens is 2. The summed E-state index contributed by atoms with van der Waals surface area (Å²) in [5.41, 5.74) is 1.35. The Morgan fingerprint density at radius 2 is 1.70 bits per heavy atom. The lowest BCUT2D eigenvalue weighted by Crippen LogP contribution is -2.16. The van der Waals surface area contributed by atoms with E-state index in [0.717, 1.165) is 25.1 Å². The van der Waals surface area contributed by atoms with Gasteiger partial charge in [0.2, 0.25) is 10.0 Å². The van der Waals surface area contributed by atoms with E-state index in [1.165, 1.54) is 19.3 Å². The number of rotatable bonds is 9. The molecule has 0 saturated carbocycles. The Balaban J connectivity index is 2.89. The van der Waals surface area contributed by atoms with E-state index in [2.05, 4.69) is 12.0 Å². The molecule has 20 heavy (non-hydrogen) atoms. The third kappa shape index (κ3) is 4.31. The van der Waals surface area contributed by atoms with Gasteiger partial charge in [-0.1, -0.05) is 46.5 Å². The second-order valence-corrected chi connectivity index (χ2v) is 6.61. The fourth-order valence-electron chi connectivity index (χ4n) is 2.49. The van der Waals surface area contributed by atoms with Crippen LogP contribution in [0.3, 0.4) is 0 Å². The number of hydrogen-bond donors (Lipinski definition) is 1. The summed E-state index contributed by atoms with van der Waals surface area (Å²) < 4.78 is 25.3. The molecule has 0 radical (unpaired) electrons. The third-order valence-corrected chi connectivity index (χ3v) is 4.55. The van der Waals surface area contributed by atoms with Gasteiger partial charge in [0.1, 0.15) is 4.90 Å². The minimum atomic E-state index is -3.69. The van der Waals surface area contributed by atoms with E-state index in [1.807, 2.05) is 18.5 Å². The first-order chi connectivity index (χ1) is 9.45. The number of hydrogen-bond acceptors (Lipinski definition) is 3. The van der Waals surface area contributed by atoms with Gasteiger partial charge in [0.05, 0.1) is 11.4 Å². The summed E-state index contributed by atoms with van der Waals surface area (Å²) >= 11 is 0. The van der Waals surface area contributed by atoms with Crippen LogP contribution < -0.4 is 5.14 Å². The Kier molecular flexibility index (Phi) is 6.68. The molecule has 0 fully saturated rings. The van der Waals surface area contributed by atoms with E-state index in [-0.39, 0.29) is 4.90 Å². The average molecular weight is 301 g/mol. The molecule has 1 aromatic rings. The van der Waals surface area contributed by atoms with E-state index in [0.29, 0.717) is 18.5 Å². The molecule has 0 aliphatic heterocycles. The summed E-state index contributed by atoms with van der Waals surface area (Å²) in [6, 6.07) is 0. The largest absolute Gasteiger partial charge is 0.268 e. The highest BCUT2D eigenvalue weighted by molar-refractivity contribution is 7.89. The van der Waals surface area contributed by atoms with Gasteiger partial charge < -0.3 is 0 Å². The number of nitrogens with two attached hydrogens (primary N) is 1. The number of sulfonamides is 1. The summed E-state index contributed by atoms with van der Waals surface area (Å²) in [7, 11) is -3.69. The van der Waals surface area contributed by atoms with Crippen LogP contribution in [0.4, 0.5) is 0 Å². The van der Waals surface area contributed by atoms with Crippen molar-refractivity contribution in [1.82, 2.24) is 9.78 Å². The van der Waals surface area contributed by atoms with Crippen LogP contribution >= 0.6 is 0 Å². The van der Waals surface area contributed by atoms with Crippen LogP contribution in [0.1, 0.15) is 64.3 Å². The molecule has 0 aliphatic rings. The van der Waals surface area contributed by atoms with Crippen molar-refractivity contribution in [2.45, 2.75) is 77.2 Å². The standard InChI is InChI=1S/C14H27N3O2S/c1-4-7-8-9-10-11-17-13(6-3)14(20(15,18)19)12(5-2)16-17/h4-11H2,1-3H3,(H2,15,18,19). The summed E-state index contributed by atoms with van der Waals surface area (Å²) in [4.78, 5) is 0.246. The normalized spacial score (nSPS) is 12.0. The lowest BCUT2D eigenvalue weighted by atomic mass is 10.1. The lowest BCUT2D eigenvalue weighted by molar-refractivity contribution is 0.515. The molecule has 2 N–H and O–H groups in total. The zero-order valence-electron chi connectivity index (χ0n) is 12.9. The fourth-order valence-corrected chi connectivity index (χ4v) is 3.58. The Morgan fingerprint density at radius 1 is 1.05 bits per heavy atom. The molecule has 6 heteroatoms. The van der Waals surface area contributed by atoms with Gasteiger partial charge in [-0.2, -0.15) is 5.10 Å². The third-order valence-electron chi connectivity index (χ3n) is 3.50. The SMILES string of the molecule is CCCCCCCn1nc(CC)c(S(N)(=O)=O)c1CC. The summed E-state index contributed by atoms with van der Waals surface area (Å²) in [5.74, 6) is 0. The van der Waals surface area contributed by atoms with Crippen LogP contribution in [0.2, 0.25) is 0 Å². The Hall–Kier alpha value is -0.880. The summed E-state index contributed by atoms with van der Waals surface area (Å²) in [5, 5.41) is 9.78. The van der Waals surface area contributed by atoms with Crippen molar-refractivity contribution in [2.24, 2.45) is 5.14 Å². The molecule has 1 rings (SSSR count). The van der Waals surface area contributed by atoms with Crippen molar-refractivity contribution in [3.05, 3.63) is 11.4 Å². The van der Waals surface area contributed by atoms with Gasteiger partial charge in [-0.15, -0.1) is 0 Å².